The molecule has 2 atom stereocenters. The van der Waals surface area contributed by atoms with E-state index in [4.69, 9.17) is 21.7 Å². The lowest BCUT2D eigenvalue weighted by molar-refractivity contribution is 0.174. The maximum atomic E-state index is 5.83. The molecule has 0 saturated carbocycles. The highest BCUT2D eigenvalue weighted by Gasteiger charge is 2.42. The molecule has 2 aliphatic heterocycles. The smallest absolute Gasteiger partial charge is 0.231 e. The number of hydrogen-bond donors (Lipinski definition) is 1. The molecule has 1 aromatic carbocycles. The Morgan fingerprint density at radius 3 is 2.72 bits per heavy atom. The number of thiocarbonyl (C=S) groups is 1. The molecule has 32 heavy (non-hydrogen) atoms. The van der Waals surface area contributed by atoms with Crippen LogP contribution in [0.3, 0.4) is 0 Å². The Balaban J connectivity index is 1.50. The second-order valence-corrected chi connectivity index (χ2v) is 7.94. The summed E-state index contributed by atoms with van der Waals surface area (Å²) in [5, 5.41) is 4.13. The van der Waals surface area contributed by atoms with E-state index in [1.807, 2.05) is 67.0 Å². The van der Waals surface area contributed by atoms with Crippen molar-refractivity contribution in [2.24, 2.45) is 0 Å². The average molecular weight is 442 g/mol. The summed E-state index contributed by atoms with van der Waals surface area (Å²) in [6, 6.07) is 19.7. The third-order valence-electron chi connectivity index (χ3n) is 5.74. The zero-order valence-electron chi connectivity index (χ0n) is 17.0. The molecular formula is C24H19N5O2S. The topological polar surface area (TPSA) is 64.4 Å². The third-order valence-corrected chi connectivity index (χ3v) is 6.05. The molecule has 2 aliphatic rings. The second kappa shape index (κ2) is 7.65. The second-order valence-electron chi connectivity index (χ2n) is 7.55. The van der Waals surface area contributed by atoms with Crippen molar-refractivity contribution < 1.29 is 9.47 Å². The van der Waals surface area contributed by atoms with Crippen LogP contribution in [0.5, 0.6) is 11.5 Å². The summed E-state index contributed by atoms with van der Waals surface area (Å²) >= 11 is 5.83. The van der Waals surface area contributed by atoms with Crippen LogP contribution < -0.4 is 19.7 Å². The van der Waals surface area contributed by atoms with Crippen LogP contribution in [-0.4, -0.2) is 26.4 Å². The number of pyridine rings is 2. The first-order valence-corrected chi connectivity index (χ1v) is 10.7. The third kappa shape index (κ3) is 3.07. The number of nitrogens with one attached hydrogen (secondary N) is 1. The molecule has 0 bridgehead atoms. The molecule has 1 fully saturated rings. The summed E-state index contributed by atoms with van der Waals surface area (Å²) in [5.74, 6) is 1.45. The van der Waals surface area contributed by atoms with E-state index in [1.165, 1.54) is 0 Å². The molecule has 0 spiro atoms. The maximum absolute atomic E-state index is 5.83. The first-order valence-electron chi connectivity index (χ1n) is 10.3. The van der Waals surface area contributed by atoms with Crippen molar-refractivity contribution in [1.82, 2.24) is 19.9 Å². The van der Waals surface area contributed by atoms with Crippen molar-refractivity contribution in [3.8, 4) is 17.2 Å². The summed E-state index contributed by atoms with van der Waals surface area (Å²) in [6.45, 7) is 0.228. The van der Waals surface area contributed by atoms with Crippen LogP contribution in [0.2, 0.25) is 0 Å². The molecular weight excluding hydrogens is 422 g/mol. The van der Waals surface area contributed by atoms with Crippen LogP contribution in [0, 0.1) is 0 Å². The highest BCUT2D eigenvalue weighted by Crippen LogP contribution is 2.44. The zero-order chi connectivity index (χ0) is 21.5. The van der Waals surface area contributed by atoms with Crippen LogP contribution in [0.4, 0.5) is 5.69 Å². The van der Waals surface area contributed by atoms with E-state index in [1.54, 1.807) is 12.4 Å². The van der Waals surface area contributed by atoms with Crippen LogP contribution in [0.25, 0.3) is 5.69 Å². The molecule has 0 amide bonds. The average Bonchev–Trinajstić information content (AvgIpc) is 3.57. The summed E-state index contributed by atoms with van der Waals surface area (Å²) in [7, 11) is 0. The number of benzene rings is 1. The fraction of sp³-hybridized carbons (Fsp3) is 0.125. The molecule has 5 heterocycles. The van der Waals surface area contributed by atoms with Crippen LogP contribution >= 0.6 is 12.2 Å². The Bertz CT molecular complexity index is 1280. The molecule has 0 radical (unpaired) electrons. The van der Waals surface area contributed by atoms with Crippen molar-refractivity contribution in [3.05, 3.63) is 96.8 Å². The Hall–Kier alpha value is -3.91. The fourth-order valence-corrected chi connectivity index (χ4v) is 4.68. The van der Waals surface area contributed by atoms with E-state index in [0.29, 0.717) is 10.9 Å². The Morgan fingerprint density at radius 2 is 1.88 bits per heavy atom. The minimum Gasteiger partial charge on any atom is -0.454 e. The quantitative estimate of drug-likeness (QED) is 0.477. The van der Waals surface area contributed by atoms with Gasteiger partial charge in [0, 0.05) is 36.0 Å². The largest absolute Gasteiger partial charge is 0.454 e. The summed E-state index contributed by atoms with van der Waals surface area (Å²) in [5.41, 5.74) is 3.89. The molecule has 7 nitrogen and oxygen atoms in total. The summed E-state index contributed by atoms with van der Waals surface area (Å²) in [6.07, 6.45) is 7.47. The first-order chi connectivity index (χ1) is 15.8. The van der Waals surface area contributed by atoms with Gasteiger partial charge in [-0.2, -0.15) is 0 Å². The van der Waals surface area contributed by atoms with Crippen LogP contribution in [0.1, 0.15) is 23.5 Å². The van der Waals surface area contributed by atoms with Crippen molar-refractivity contribution in [3.63, 3.8) is 0 Å². The minimum atomic E-state index is -0.145. The van der Waals surface area contributed by atoms with E-state index < -0.39 is 0 Å². The van der Waals surface area contributed by atoms with Gasteiger partial charge in [0.1, 0.15) is 6.04 Å². The van der Waals surface area contributed by atoms with E-state index in [2.05, 4.69) is 30.8 Å². The standard InChI is InChI=1S/C24H19N5O2S/c32-24-27-22(18-6-1-2-11-26-18)23(19-7-4-12-28(19)17-5-3-10-25-14-17)29(24)16-8-9-20-21(13-16)31-15-30-20/h1-14,22-23H,15H2,(H,27,32)/t22-,23-/m1/s1. The molecule has 3 aromatic heterocycles. The van der Waals surface area contributed by atoms with Gasteiger partial charge in [-0.1, -0.05) is 6.07 Å². The molecule has 1 saturated heterocycles. The maximum Gasteiger partial charge on any atom is 0.231 e. The van der Waals surface area contributed by atoms with Crippen molar-refractivity contribution in [1.29, 1.82) is 0 Å². The minimum absolute atomic E-state index is 0.139. The first kappa shape index (κ1) is 18.8. The number of nitrogens with zero attached hydrogens (tertiary/aromatic N) is 4. The number of anilines is 1. The van der Waals surface area contributed by atoms with Crippen LogP contribution in [-0.2, 0) is 0 Å². The number of rotatable bonds is 4. The van der Waals surface area contributed by atoms with E-state index in [0.717, 1.165) is 28.5 Å². The lowest BCUT2D eigenvalue weighted by Crippen LogP contribution is -2.30. The van der Waals surface area contributed by atoms with Crippen LogP contribution in [0.15, 0.2) is 85.5 Å². The summed E-state index contributed by atoms with van der Waals surface area (Å²) in [4.78, 5) is 11.1. The number of aromatic nitrogens is 3. The van der Waals surface area contributed by atoms with Gasteiger partial charge >= 0.3 is 0 Å². The van der Waals surface area contributed by atoms with Gasteiger partial charge in [0.15, 0.2) is 16.6 Å². The van der Waals surface area contributed by atoms with Gasteiger partial charge in [-0.3, -0.25) is 9.97 Å². The molecule has 4 aromatic rings. The molecule has 0 unspecified atom stereocenters. The Morgan fingerprint density at radius 1 is 0.938 bits per heavy atom. The van der Waals surface area contributed by atoms with Crippen molar-refractivity contribution in [2.45, 2.75) is 12.1 Å². The molecule has 8 heteroatoms. The van der Waals surface area contributed by atoms with E-state index in [-0.39, 0.29) is 18.9 Å². The van der Waals surface area contributed by atoms with Gasteiger partial charge in [-0.15, -0.1) is 0 Å². The van der Waals surface area contributed by atoms with Gasteiger partial charge in [0.2, 0.25) is 6.79 Å². The molecule has 1 N–H and O–H groups in total. The molecule has 0 aliphatic carbocycles. The molecule has 158 valence electrons. The predicted molar refractivity (Wildman–Crippen MR) is 124 cm³/mol. The number of ether oxygens (including phenoxy) is 2. The highest BCUT2D eigenvalue weighted by molar-refractivity contribution is 7.80. The van der Waals surface area contributed by atoms with Gasteiger partial charge in [-0.05, 0) is 60.7 Å². The van der Waals surface area contributed by atoms with Gasteiger partial charge in [0.25, 0.3) is 0 Å². The lowest BCUT2D eigenvalue weighted by atomic mass is 10.0. The van der Waals surface area contributed by atoms with Crippen molar-refractivity contribution in [2.75, 3.05) is 11.7 Å². The Kier molecular flexibility index (Phi) is 4.50. The molecule has 6 rings (SSSR count). The van der Waals surface area contributed by atoms with E-state index in [9.17, 15) is 0 Å². The van der Waals surface area contributed by atoms with Crippen molar-refractivity contribution >= 4 is 23.0 Å². The fourth-order valence-electron chi connectivity index (χ4n) is 4.34. The zero-order valence-corrected chi connectivity index (χ0v) is 17.8. The van der Waals surface area contributed by atoms with Gasteiger partial charge < -0.3 is 24.3 Å². The monoisotopic (exact) mass is 441 g/mol. The van der Waals surface area contributed by atoms with Gasteiger partial charge in [0.05, 0.1) is 23.6 Å². The van der Waals surface area contributed by atoms with E-state index >= 15 is 0 Å². The summed E-state index contributed by atoms with van der Waals surface area (Å²) < 4.78 is 13.3. The lowest BCUT2D eigenvalue weighted by Gasteiger charge is -2.29. The Labute approximate surface area is 190 Å². The normalized spacial score (nSPS) is 19.2. The predicted octanol–water partition coefficient (Wildman–Crippen LogP) is 4.17. The van der Waals surface area contributed by atoms with Gasteiger partial charge in [-0.25, -0.2) is 0 Å². The number of hydrogen-bond acceptors (Lipinski definition) is 5. The number of fused-ring (bicyclic) bond motifs is 1. The highest BCUT2D eigenvalue weighted by atomic mass is 32.1. The SMILES string of the molecule is S=C1N[C@H](c2ccccn2)[C@@H](c2cccn2-c2cccnc2)N1c1ccc2c(c1)OCO2.